The number of rotatable bonds is 5. The van der Waals surface area contributed by atoms with Crippen LogP contribution in [0.15, 0.2) is 0 Å². The number of ether oxygens (including phenoxy) is 2. The molecule has 1 saturated heterocycles. The Kier molecular flexibility index (Phi) is 9.79. The first-order valence-corrected chi connectivity index (χ1v) is 10.5. The van der Waals surface area contributed by atoms with Gasteiger partial charge in [0, 0.05) is 12.1 Å². The highest BCUT2D eigenvalue weighted by atomic mass is 32.3. The molecule has 1 aliphatic heterocycles. The number of hydrogen-bond donors (Lipinski definition) is 9. The molecule has 174 valence electrons. The molecule has 0 bridgehead atoms. The van der Waals surface area contributed by atoms with Crippen LogP contribution in [0.4, 0.5) is 0 Å². The van der Waals surface area contributed by atoms with E-state index in [2.05, 4.69) is 10.6 Å². The molecule has 29 heavy (non-hydrogen) atoms. The van der Waals surface area contributed by atoms with Crippen molar-refractivity contribution in [3.05, 3.63) is 0 Å². The molecule has 9 atom stereocenters. The molecule has 1 heterocycles. The van der Waals surface area contributed by atoms with Crippen LogP contribution < -0.4 is 16.4 Å². The van der Waals surface area contributed by atoms with Crippen molar-refractivity contribution in [1.29, 1.82) is 0 Å². The van der Waals surface area contributed by atoms with Crippen molar-refractivity contribution in [3.63, 3.8) is 0 Å². The van der Waals surface area contributed by atoms with Crippen molar-refractivity contribution in [1.82, 2.24) is 10.6 Å². The van der Waals surface area contributed by atoms with Gasteiger partial charge in [0.15, 0.2) is 6.29 Å². The van der Waals surface area contributed by atoms with E-state index in [4.69, 9.17) is 32.7 Å². The molecule has 0 aromatic carbocycles. The van der Waals surface area contributed by atoms with Crippen molar-refractivity contribution >= 4 is 10.4 Å². The van der Waals surface area contributed by atoms with Crippen LogP contribution in [0.3, 0.4) is 0 Å². The third-order valence-corrected chi connectivity index (χ3v) is 4.95. The average molecular weight is 448 g/mol. The number of nitrogens with two attached hydrogens (primary N) is 1. The van der Waals surface area contributed by atoms with E-state index in [0.717, 1.165) is 0 Å². The van der Waals surface area contributed by atoms with E-state index in [1.165, 1.54) is 0 Å². The first-order valence-electron chi connectivity index (χ1n) is 9.12. The largest absolute Gasteiger partial charge is 0.394 e. The van der Waals surface area contributed by atoms with Gasteiger partial charge >= 0.3 is 10.4 Å². The highest BCUT2D eigenvalue weighted by Gasteiger charge is 2.49. The van der Waals surface area contributed by atoms with Crippen LogP contribution >= 0.6 is 0 Å². The average Bonchev–Trinajstić information content (AvgIpc) is 2.57. The lowest BCUT2D eigenvalue weighted by Crippen LogP contribution is -2.68. The number of nitrogens with one attached hydrogen (secondary N) is 2. The summed E-state index contributed by atoms with van der Waals surface area (Å²) in [5, 5.41) is 47.2. The molecule has 0 unspecified atom stereocenters. The molecule has 0 spiro atoms. The summed E-state index contributed by atoms with van der Waals surface area (Å²) in [6, 6.07) is -1.50. The van der Waals surface area contributed by atoms with Gasteiger partial charge in [-0.05, 0) is 26.9 Å². The van der Waals surface area contributed by atoms with Gasteiger partial charge in [0.25, 0.3) is 0 Å². The van der Waals surface area contributed by atoms with Gasteiger partial charge in [0.05, 0.1) is 18.8 Å². The maximum atomic E-state index is 10.5. The fraction of sp³-hybridized carbons (Fsp3) is 1.00. The second-order valence-electron chi connectivity index (χ2n) is 7.39. The highest BCUT2D eigenvalue weighted by molar-refractivity contribution is 7.79. The predicted octanol–water partition coefficient (Wildman–Crippen LogP) is -3.79. The lowest BCUT2D eigenvalue weighted by Gasteiger charge is -2.47. The summed E-state index contributed by atoms with van der Waals surface area (Å²) in [6.07, 6.45) is -4.86. The van der Waals surface area contributed by atoms with Crippen LogP contribution in [0.5, 0.6) is 0 Å². The van der Waals surface area contributed by atoms with Gasteiger partial charge in [-0.2, -0.15) is 8.42 Å². The summed E-state index contributed by atoms with van der Waals surface area (Å²) >= 11 is 0. The normalized spacial score (nSPS) is 43.4. The van der Waals surface area contributed by atoms with Crippen molar-refractivity contribution < 1.29 is 47.4 Å². The second kappa shape index (κ2) is 10.7. The standard InChI is InChI=1S/C15H31N3O6.H2O4S/c1-4-18-8-5-7(16)9(19)10(20)12(8)24-14-11(21)13(17-3)15(2,22)6-23-14;1-5(2,3)4/h7-14,17-22H,4-6,16H2,1-3H3;(H2,1,2,3,4)/t7-,8+,9+,10-,11+,12-,13+,14+,15-;/m0./s1. The van der Waals surface area contributed by atoms with Crippen LogP contribution in [0, 0.1) is 0 Å². The molecule has 2 fully saturated rings. The first-order chi connectivity index (χ1) is 13.2. The zero-order valence-corrected chi connectivity index (χ0v) is 17.4. The Morgan fingerprint density at radius 1 is 1.21 bits per heavy atom. The molecular formula is C15H33N3O10S. The van der Waals surface area contributed by atoms with E-state index >= 15 is 0 Å². The fourth-order valence-electron chi connectivity index (χ4n) is 3.61. The van der Waals surface area contributed by atoms with E-state index in [-0.39, 0.29) is 12.6 Å². The van der Waals surface area contributed by atoms with Crippen molar-refractivity contribution in [2.45, 2.75) is 74.7 Å². The minimum absolute atomic E-state index is 0.0308. The van der Waals surface area contributed by atoms with Gasteiger partial charge in [0.2, 0.25) is 0 Å². The zero-order chi connectivity index (χ0) is 22.6. The lowest BCUT2D eigenvalue weighted by atomic mass is 9.84. The summed E-state index contributed by atoms with van der Waals surface area (Å²) in [7, 11) is -3.04. The van der Waals surface area contributed by atoms with Gasteiger partial charge in [-0.3, -0.25) is 9.11 Å². The number of aliphatic hydroxyl groups excluding tert-OH is 3. The SMILES string of the molecule is CCN[C@@H]1C[C@H](N)[C@@H](O)[C@H](O)[C@H]1O[C@H]1OC[C@](C)(O)[C@H](NC)[C@H]1O.O=S(=O)(O)O. The van der Waals surface area contributed by atoms with Crippen LogP contribution in [-0.4, -0.2) is 113 Å². The maximum Gasteiger partial charge on any atom is 0.394 e. The van der Waals surface area contributed by atoms with Crippen LogP contribution in [0.1, 0.15) is 20.3 Å². The monoisotopic (exact) mass is 447 g/mol. The maximum absolute atomic E-state index is 10.5. The third-order valence-electron chi connectivity index (χ3n) is 4.95. The molecule has 1 aliphatic carbocycles. The molecule has 2 rings (SSSR count). The minimum Gasteiger partial charge on any atom is -0.389 e. The topological polar surface area (TPSA) is 224 Å². The molecular weight excluding hydrogens is 414 g/mol. The molecule has 10 N–H and O–H groups in total. The Morgan fingerprint density at radius 3 is 2.24 bits per heavy atom. The predicted molar refractivity (Wildman–Crippen MR) is 100 cm³/mol. The van der Waals surface area contributed by atoms with Crippen LogP contribution in [-0.2, 0) is 19.9 Å². The third kappa shape index (κ3) is 7.61. The molecule has 1 saturated carbocycles. The first kappa shape index (κ1) is 26.5. The van der Waals surface area contributed by atoms with Gasteiger partial charge in [-0.25, -0.2) is 0 Å². The quantitative estimate of drug-likeness (QED) is 0.185. The minimum atomic E-state index is -4.67. The molecule has 0 amide bonds. The summed E-state index contributed by atoms with van der Waals surface area (Å²) in [4.78, 5) is 0. The van der Waals surface area contributed by atoms with E-state index in [0.29, 0.717) is 13.0 Å². The molecule has 0 aromatic rings. The van der Waals surface area contributed by atoms with Gasteiger partial charge in [-0.1, -0.05) is 6.92 Å². The molecule has 14 heteroatoms. The lowest BCUT2D eigenvalue weighted by molar-refractivity contribution is -0.297. The van der Waals surface area contributed by atoms with Gasteiger partial charge in [-0.15, -0.1) is 0 Å². The van der Waals surface area contributed by atoms with Crippen molar-refractivity contribution in [2.24, 2.45) is 5.73 Å². The summed E-state index contributed by atoms with van der Waals surface area (Å²) in [6.45, 7) is 4.09. The van der Waals surface area contributed by atoms with Crippen LogP contribution in [0.2, 0.25) is 0 Å². The van der Waals surface area contributed by atoms with Gasteiger partial charge in [0.1, 0.15) is 23.9 Å². The van der Waals surface area contributed by atoms with E-state index in [9.17, 15) is 20.4 Å². The van der Waals surface area contributed by atoms with Crippen molar-refractivity contribution in [2.75, 3.05) is 20.2 Å². The molecule has 0 radical (unpaired) electrons. The molecule has 13 nitrogen and oxygen atoms in total. The number of likely N-dealkylation sites (N-methyl/N-ethyl adjacent to an activating group) is 2. The fourth-order valence-corrected chi connectivity index (χ4v) is 3.61. The second-order valence-corrected chi connectivity index (χ2v) is 8.28. The van der Waals surface area contributed by atoms with Crippen LogP contribution in [0.25, 0.3) is 0 Å². The molecule has 0 aromatic heterocycles. The Bertz CT molecular complexity index is 599. The Labute approximate surface area is 169 Å². The Balaban J connectivity index is 0.000000749. The van der Waals surface area contributed by atoms with E-state index in [1.807, 2.05) is 6.92 Å². The van der Waals surface area contributed by atoms with E-state index in [1.54, 1.807) is 14.0 Å². The zero-order valence-electron chi connectivity index (χ0n) is 16.5. The summed E-state index contributed by atoms with van der Waals surface area (Å²) in [5.41, 5.74) is 4.61. The molecule has 2 aliphatic rings. The van der Waals surface area contributed by atoms with Crippen molar-refractivity contribution in [3.8, 4) is 0 Å². The number of hydrogen-bond acceptors (Lipinski definition) is 11. The highest BCUT2D eigenvalue weighted by Crippen LogP contribution is 2.29. The smallest absolute Gasteiger partial charge is 0.389 e. The summed E-state index contributed by atoms with van der Waals surface area (Å²) < 4.78 is 42.9. The Morgan fingerprint density at radius 2 is 1.76 bits per heavy atom. The van der Waals surface area contributed by atoms with E-state index < -0.39 is 58.8 Å². The Hall–Kier alpha value is -0.490. The summed E-state index contributed by atoms with van der Waals surface area (Å²) in [5.74, 6) is 0. The number of aliphatic hydroxyl groups is 4. The van der Waals surface area contributed by atoms with Gasteiger partial charge < -0.3 is 46.3 Å².